The van der Waals surface area contributed by atoms with Crippen LogP contribution in [0.25, 0.3) is 0 Å². The number of hydrogen-bond acceptors (Lipinski definition) is 3. The number of hydrogen-bond donors (Lipinski definition) is 1. The molecule has 1 atom stereocenters. The molecule has 0 amide bonds. The van der Waals surface area contributed by atoms with Gasteiger partial charge in [0, 0.05) is 13.6 Å². The van der Waals surface area contributed by atoms with Crippen LogP contribution in [0, 0.1) is 0 Å². The molecule has 1 N–H and O–H groups in total. The zero-order valence-corrected chi connectivity index (χ0v) is 10.3. The molecule has 0 saturated carbocycles. The molecule has 0 radical (unpaired) electrons. The third-order valence-corrected chi connectivity index (χ3v) is 3.99. The highest BCUT2D eigenvalue weighted by molar-refractivity contribution is 7.88. The van der Waals surface area contributed by atoms with E-state index in [1.807, 2.05) is 6.07 Å². The summed E-state index contributed by atoms with van der Waals surface area (Å²) in [7, 11) is -1.86. The third-order valence-electron chi connectivity index (χ3n) is 2.19. The van der Waals surface area contributed by atoms with Crippen LogP contribution >= 0.6 is 0 Å². The minimum atomic E-state index is -3.34. The van der Waals surface area contributed by atoms with E-state index in [0.717, 1.165) is 5.56 Å². The Morgan fingerprint density at radius 1 is 1.31 bits per heavy atom. The highest BCUT2D eigenvalue weighted by Crippen LogP contribution is 2.09. The molecular weight excluding hydrogens is 226 g/mol. The van der Waals surface area contributed by atoms with Crippen molar-refractivity contribution in [1.82, 2.24) is 4.31 Å². The molecule has 16 heavy (non-hydrogen) atoms. The Balaban J connectivity index is 2.72. The maximum atomic E-state index is 11.9. The molecule has 0 aliphatic rings. The van der Waals surface area contributed by atoms with Crippen LogP contribution < -0.4 is 0 Å². The number of sulfonamides is 1. The van der Waals surface area contributed by atoms with Gasteiger partial charge in [-0.3, -0.25) is 0 Å². The van der Waals surface area contributed by atoms with Crippen molar-refractivity contribution in [2.75, 3.05) is 13.6 Å². The van der Waals surface area contributed by atoms with Gasteiger partial charge in [-0.05, 0) is 12.5 Å². The van der Waals surface area contributed by atoms with E-state index in [9.17, 15) is 8.42 Å². The van der Waals surface area contributed by atoms with E-state index in [1.54, 1.807) is 31.2 Å². The van der Waals surface area contributed by atoms with Crippen LogP contribution in [0.1, 0.15) is 12.5 Å². The lowest BCUT2D eigenvalue weighted by Crippen LogP contribution is -2.33. The maximum Gasteiger partial charge on any atom is 0.218 e. The summed E-state index contributed by atoms with van der Waals surface area (Å²) in [6.45, 7) is 1.68. The molecule has 90 valence electrons. The average Bonchev–Trinajstić information content (AvgIpc) is 2.17. The second-order valence-electron chi connectivity index (χ2n) is 3.87. The molecule has 0 bridgehead atoms. The Bertz CT molecular complexity index is 414. The topological polar surface area (TPSA) is 57.6 Å². The van der Waals surface area contributed by atoms with E-state index >= 15 is 0 Å². The zero-order chi connectivity index (χ0) is 12.2. The molecule has 1 rings (SSSR count). The minimum Gasteiger partial charge on any atom is -0.392 e. The van der Waals surface area contributed by atoms with Crippen molar-refractivity contribution in [3.8, 4) is 0 Å². The Morgan fingerprint density at radius 3 is 2.38 bits per heavy atom. The van der Waals surface area contributed by atoms with Gasteiger partial charge in [0.15, 0.2) is 0 Å². The SMILES string of the molecule is C[C@H](O)CN(C)S(=O)(=O)Cc1ccccc1. The van der Waals surface area contributed by atoms with Gasteiger partial charge < -0.3 is 5.11 Å². The minimum absolute atomic E-state index is 0.0307. The first kappa shape index (κ1) is 13.2. The predicted octanol–water partition coefficient (Wildman–Crippen LogP) is 0.829. The standard InChI is InChI=1S/C11H17NO3S/c1-10(13)8-12(2)16(14,15)9-11-6-4-3-5-7-11/h3-7,10,13H,8-9H2,1-2H3/t10-/m0/s1. The van der Waals surface area contributed by atoms with Crippen molar-refractivity contribution in [2.24, 2.45) is 0 Å². The second-order valence-corrected chi connectivity index (χ2v) is 5.95. The Morgan fingerprint density at radius 2 is 1.88 bits per heavy atom. The fraction of sp³-hybridized carbons (Fsp3) is 0.455. The summed E-state index contributed by atoms with van der Waals surface area (Å²) >= 11 is 0. The summed E-state index contributed by atoms with van der Waals surface area (Å²) in [5.74, 6) is -0.0307. The fourth-order valence-corrected chi connectivity index (χ4v) is 2.66. The van der Waals surface area contributed by atoms with E-state index in [-0.39, 0.29) is 12.3 Å². The van der Waals surface area contributed by atoms with Crippen molar-refractivity contribution in [1.29, 1.82) is 0 Å². The van der Waals surface area contributed by atoms with Gasteiger partial charge in [0.25, 0.3) is 0 Å². The molecule has 1 aromatic carbocycles. The van der Waals surface area contributed by atoms with E-state index in [1.165, 1.54) is 11.4 Å². The summed E-state index contributed by atoms with van der Waals surface area (Å²) < 4.78 is 24.9. The number of benzene rings is 1. The molecule has 0 saturated heterocycles. The number of aliphatic hydroxyl groups is 1. The van der Waals surface area contributed by atoms with Gasteiger partial charge in [-0.15, -0.1) is 0 Å². The Labute approximate surface area is 96.6 Å². The monoisotopic (exact) mass is 243 g/mol. The quantitative estimate of drug-likeness (QED) is 0.833. The molecule has 0 unspecified atom stereocenters. The molecule has 0 aromatic heterocycles. The van der Waals surface area contributed by atoms with Crippen LogP contribution in [0.2, 0.25) is 0 Å². The van der Waals surface area contributed by atoms with Gasteiger partial charge >= 0.3 is 0 Å². The number of likely N-dealkylation sites (N-methyl/N-ethyl adjacent to an activating group) is 1. The summed E-state index contributed by atoms with van der Waals surface area (Å²) in [6.07, 6.45) is -0.657. The van der Waals surface area contributed by atoms with Crippen LogP contribution in [0.4, 0.5) is 0 Å². The number of aliphatic hydroxyl groups excluding tert-OH is 1. The summed E-state index contributed by atoms with van der Waals surface area (Å²) in [5, 5.41) is 9.15. The van der Waals surface area contributed by atoms with Crippen molar-refractivity contribution in [3.63, 3.8) is 0 Å². The fourth-order valence-electron chi connectivity index (χ4n) is 1.38. The van der Waals surface area contributed by atoms with Crippen molar-refractivity contribution < 1.29 is 13.5 Å². The molecule has 0 heterocycles. The number of rotatable bonds is 5. The van der Waals surface area contributed by atoms with Crippen LogP contribution in [0.15, 0.2) is 30.3 Å². The Kier molecular flexibility index (Phi) is 4.46. The second kappa shape index (κ2) is 5.43. The molecule has 0 aliphatic carbocycles. The third kappa shape index (κ3) is 3.92. The summed E-state index contributed by atoms with van der Waals surface area (Å²) in [4.78, 5) is 0. The van der Waals surface area contributed by atoms with Crippen LogP contribution in [-0.4, -0.2) is 37.5 Å². The number of nitrogens with zero attached hydrogens (tertiary/aromatic N) is 1. The van der Waals surface area contributed by atoms with Gasteiger partial charge in [0.05, 0.1) is 11.9 Å². The largest absolute Gasteiger partial charge is 0.392 e. The molecule has 0 fully saturated rings. The van der Waals surface area contributed by atoms with Crippen LogP contribution in [-0.2, 0) is 15.8 Å². The lowest BCUT2D eigenvalue weighted by Gasteiger charge is -2.18. The van der Waals surface area contributed by atoms with E-state index in [0.29, 0.717) is 0 Å². The zero-order valence-electron chi connectivity index (χ0n) is 9.50. The molecule has 5 heteroatoms. The van der Waals surface area contributed by atoms with Gasteiger partial charge in [0.1, 0.15) is 0 Å². The molecule has 4 nitrogen and oxygen atoms in total. The first-order valence-corrected chi connectivity index (χ1v) is 6.69. The van der Waals surface area contributed by atoms with Crippen LogP contribution in [0.3, 0.4) is 0 Å². The maximum absolute atomic E-state index is 11.9. The normalized spacial score (nSPS) is 14.0. The molecule has 1 aromatic rings. The van der Waals surface area contributed by atoms with Crippen molar-refractivity contribution in [3.05, 3.63) is 35.9 Å². The summed E-state index contributed by atoms with van der Waals surface area (Å²) in [6, 6.07) is 9.00. The van der Waals surface area contributed by atoms with E-state index < -0.39 is 16.1 Å². The predicted molar refractivity (Wildman–Crippen MR) is 63.4 cm³/mol. The first-order valence-electron chi connectivity index (χ1n) is 5.08. The first-order chi connectivity index (χ1) is 7.42. The van der Waals surface area contributed by atoms with Gasteiger partial charge in [-0.2, -0.15) is 0 Å². The van der Waals surface area contributed by atoms with E-state index in [4.69, 9.17) is 5.11 Å². The highest BCUT2D eigenvalue weighted by Gasteiger charge is 2.19. The lowest BCUT2D eigenvalue weighted by molar-refractivity contribution is 0.171. The average molecular weight is 243 g/mol. The lowest BCUT2D eigenvalue weighted by atomic mass is 10.2. The van der Waals surface area contributed by atoms with Gasteiger partial charge in [0.2, 0.25) is 10.0 Å². The van der Waals surface area contributed by atoms with Gasteiger partial charge in [-0.25, -0.2) is 12.7 Å². The smallest absolute Gasteiger partial charge is 0.218 e. The van der Waals surface area contributed by atoms with Gasteiger partial charge in [-0.1, -0.05) is 30.3 Å². The van der Waals surface area contributed by atoms with Crippen LogP contribution in [0.5, 0.6) is 0 Å². The molecule has 0 aliphatic heterocycles. The molecule has 0 spiro atoms. The molecular formula is C11H17NO3S. The van der Waals surface area contributed by atoms with Crippen molar-refractivity contribution >= 4 is 10.0 Å². The summed E-state index contributed by atoms with van der Waals surface area (Å²) in [5.41, 5.74) is 0.750. The van der Waals surface area contributed by atoms with Crippen molar-refractivity contribution in [2.45, 2.75) is 18.8 Å². The Hall–Kier alpha value is -0.910. The van der Waals surface area contributed by atoms with E-state index in [2.05, 4.69) is 0 Å². The highest BCUT2D eigenvalue weighted by atomic mass is 32.2.